The SMILES string of the molecule is CCCCCCNCCCN1CCCC1. The van der Waals surface area contributed by atoms with Crippen molar-refractivity contribution >= 4 is 0 Å². The van der Waals surface area contributed by atoms with Gasteiger partial charge in [-0.3, -0.25) is 0 Å². The topological polar surface area (TPSA) is 15.3 Å². The van der Waals surface area contributed by atoms with E-state index >= 15 is 0 Å². The van der Waals surface area contributed by atoms with E-state index in [0.29, 0.717) is 0 Å². The average Bonchev–Trinajstić information content (AvgIpc) is 2.75. The molecular formula is C13H28N2. The number of nitrogens with one attached hydrogen (secondary N) is 1. The number of nitrogens with zero attached hydrogens (tertiary/aromatic N) is 1. The monoisotopic (exact) mass is 212 g/mol. The van der Waals surface area contributed by atoms with Gasteiger partial charge >= 0.3 is 0 Å². The Hall–Kier alpha value is -0.0800. The van der Waals surface area contributed by atoms with E-state index in [1.54, 1.807) is 0 Å². The van der Waals surface area contributed by atoms with Crippen molar-refractivity contribution in [1.29, 1.82) is 0 Å². The third-order valence-corrected chi connectivity index (χ3v) is 3.23. The summed E-state index contributed by atoms with van der Waals surface area (Å²) in [6, 6.07) is 0. The molecule has 2 nitrogen and oxygen atoms in total. The van der Waals surface area contributed by atoms with E-state index in [1.165, 1.54) is 77.7 Å². The Morgan fingerprint density at radius 2 is 1.67 bits per heavy atom. The summed E-state index contributed by atoms with van der Waals surface area (Å²) >= 11 is 0. The first-order valence-electron chi connectivity index (χ1n) is 6.86. The molecule has 2 heteroatoms. The normalized spacial score (nSPS) is 17.4. The van der Waals surface area contributed by atoms with Crippen LogP contribution in [-0.2, 0) is 0 Å². The summed E-state index contributed by atoms with van der Waals surface area (Å²) in [6.07, 6.45) is 9.67. The van der Waals surface area contributed by atoms with Crippen molar-refractivity contribution < 1.29 is 0 Å². The lowest BCUT2D eigenvalue weighted by Gasteiger charge is -2.14. The molecule has 90 valence electrons. The Kier molecular flexibility index (Phi) is 7.94. The molecule has 1 aliphatic rings. The van der Waals surface area contributed by atoms with Crippen LogP contribution in [0.2, 0.25) is 0 Å². The van der Waals surface area contributed by atoms with Crippen molar-refractivity contribution in [2.45, 2.75) is 51.9 Å². The number of hydrogen-bond acceptors (Lipinski definition) is 2. The van der Waals surface area contributed by atoms with Gasteiger partial charge in [0.2, 0.25) is 0 Å². The Balaban J connectivity index is 1.73. The van der Waals surface area contributed by atoms with Crippen LogP contribution >= 0.6 is 0 Å². The van der Waals surface area contributed by atoms with Gasteiger partial charge < -0.3 is 10.2 Å². The molecule has 0 aliphatic carbocycles. The number of rotatable bonds is 9. The predicted octanol–water partition coefficient (Wildman–Crippen LogP) is 2.64. The predicted molar refractivity (Wildman–Crippen MR) is 67.3 cm³/mol. The van der Waals surface area contributed by atoms with Gasteiger partial charge in [0.25, 0.3) is 0 Å². The van der Waals surface area contributed by atoms with Crippen LogP contribution in [0.3, 0.4) is 0 Å². The van der Waals surface area contributed by atoms with Gasteiger partial charge in [-0.2, -0.15) is 0 Å². The molecule has 1 N–H and O–H groups in total. The second-order valence-electron chi connectivity index (χ2n) is 4.71. The van der Waals surface area contributed by atoms with E-state index in [9.17, 15) is 0 Å². The van der Waals surface area contributed by atoms with E-state index in [0.717, 1.165) is 0 Å². The molecule has 0 saturated carbocycles. The number of hydrogen-bond donors (Lipinski definition) is 1. The highest BCUT2D eigenvalue weighted by atomic mass is 15.1. The van der Waals surface area contributed by atoms with Gasteiger partial charge in [0.05, 0.1) is 0 Å². The molecule has 0 aromatic heterocycles. The van der Waals surface area contributed by atoms with Gasteiger partial charge in [-0.15, -0.1) is 0 Å². The van der Waals surface area contributed by atoms with Gasteiger partial charge in [0, 0.05) is 0 Å². The number of unbranched alkanes of at least 4 members (excludes halogenated alkanes) is 3. The highest BCUT2D eigenvalue weighted by molar-refractivity contribution is 4.66. The highest BCUT2D eigenvalue weighted by Gasteiger charge is 2.09. The quantitative estimate of drug-likeness (QED) is 0.591. The van der Waals surface area contributed by atoms with Crippen LogP contribution in [0.25, 0.3) is 0 Å². The maximum absolute atomic E-state index is 3.54. The first kappa shape index (κ1) is 13.0. The Morgan fingerprint density at radius 3 is 2.40 bits per heavy atom. The summed E-state index contributed by atoms with van der Waals surface area (Å²) in [6.45, 7) is 8.70. The van der Waals surface area contributed by atoms with Crippen LogP contribution in [0.4, 0.5) is 0 Å². The minimum Gasteiger partial charge on any atom is -0.317 e. The van der Waals surface area contributed by atoms with E-state index in [1.807, 2.05) is 0 Å². The highest BCUT2D eigenvalue weighted by Crippen LogP contribution is 2.06. The van der Waals surface area contributed by atoms with Crippen LogP contribution in [0.1, 0.15) is 51.9 Å². The molecule has 1 aliphatic heterocycles. The third-order valence-electron chi connectivity index (χ3n) is 3.23. The number of likely N-dealkylation sites (tertiary alicyclic amines) is 1. The molecule has 0 spiro atoms. The Bertz CT molecular complexity index is 130. The van der Waals surface area contributed by atoms with Crippen molar-refractivity contribution in [2.24, 2.45) is 0 Å². The lowest BCUT2D eigenvalue weighted by molar-refractivity contribution is 0.331. The Morgan fingerprint density at radius 1 is 0.933 bits per heavy atom. The van der Waals surface area contributed by atoms with Crippen molar-refractivity contribution in [3.8, 4) is 0 Å². The summed E-state index contributed by atoms with van der Waals surface area (Å²) < 4.78 is 0. The summed E-state index contributed by atoms with van der Waals surface area (Å²) in [5.74, 6) is 0. The maximum atomic E-state index is 3.54. The fourth-order valence-corrected chi connectivity index (χ4v) is 2.24. The molecule has 1 heterocycles. The molecule has 0 bridgehead atoms. The Labute approximate surface area is 95.4 Å². The minimum absolute atomic E-state index is 1.21. The van der Waals surface area contributed by atoms with Crippen molar-refractivity contribution in [3.05, 3.63) is 0 Å². The summed E-state index contributed by atoms with van der Waals surface area (Å²) in [7, 11) is 0. The molecule has 0 amide bonds. The molecule has 15 heavy (non-hydrogen) atoms. The first-order chi connectivity index (χ1) is 7.43. The van der Waals surface area contributed by atoms with Gasteiger partial charge in [0.1, 0.15) is 0 Å². The fourth-order valence-electron chi connectivity index (χ4n) is 2.24. The molecule has 1 rings (SSSR count). The molecule has 0 aromatic rings. The first-order valence-corrected chi connectivity index (χ1v) is 6.86. The smallest absolute Gasteiger partial charge is 0.000664 e. The molecule has 1 fully saturated rings. The molecule has 0 atom stereocenters. The van der Waals surface area contributed by atoms with Gasteiger partial charge in [-0.25, -0.2) is 0 Å². The lowest BCUT2D eigenvalue weighted by Crippen LogP contribution is -2.25. The summed E-state index contributed by atoms with van der Waals surface area (Å²) in [5, 5.41) is 3.54. The average molecular weight is 212 g/mol. The molecule has 0 aromatic carbocycles. The zero-order chi connectivity index (χ0) is 10.8. The molecule has 0 radical (unpaired) electrons. The lowest BCUT2D eigenvalue weighted by atomic mass is 10.2. The van der Waals surface area contributed by atoms with Crippen molar-refractivity contribution in [3.63, 3.8) is 0 Å². The minimum atomic E-state index is 1.21. The summed E-state index contributed by atoms with van der Waals surface area (Å²) in [4.78, 5) is 2.60. The van der Waals surface area contributed by atoms with Crippen LogP contribution in [-0.4, -0.2) is 37.6 Å². The van der Waals surface area contributed by atoms with E-state index in [-0.39, 0.29) is 0 Å². The van der Waals surface area contributed by atoms with Crippen LogP contribution in [0.5, 0.6) is 0 Å². The van der Waals surface area contributed by atoms with Crippen molar-refractivity contribution in [2.75, 3.05) is 32.7 Å². The van der Waals surface area contributed by atoms with Gasteiger partial charge in [-0.1, -0.05) is 26.2 Å². The molecule has 0 unspecified atom stereocenters. The second kappa shape index (κ2) is 9.17. The second-order valence-corrected chi connectivity index (χ2v) is 4.71. The van der Waals surface area contributed by atoms with E-state index in [4.69, 9.17) is 0 Å². The summed E-state index contributed by atoms with van der Waals surface area (Å²) in [5.41, 5.74) is 0. The van der Waals surface area contributed by atoms with Gasteiger partial charge in [0.15, 0.2) is 0 Å². The zero-order valence-electron chi connectivity index (χ0n) is 10.4. The molecule has 1 saturated heterocycles. The molecular weight excluding hydrogens is 184 g/mol. The largest absolute Gasteiger partial charge is 0.317 e. The van der Waals surface area contributed by atoms with Crippen LogP contribution < -0.4 is 5.32 Å². The van der Waals surface area contributed by atoms with E-state index in [2.05, 4.69) is 17.1 Å². The van der Waals surface area contributed by atoms with Crippen LogP contribution in [0, 0.1) is 0 Å². The van der Waals surface area contributed by atoms with Crippen molar-refractivity contribution in [1.82, 2.24) is 10.2 Å². The van der Waals surface area contributed by atoms with Gasteiger partial charge in [-0.05, 0) is 58.4 Å². The fraction of sp³-hybridized carbons (Fsp3) is 1.00. The van der Waals surface area contributed by atoms with E-state index < -0.39 is 0 Å². The third kappa shape index (κ3) is 6.91. The maximum Gasteiger partial charge on any atom is -0.000664 e. The zero-order valence-corrected chi connectivity index (χ0v) is 10.4. The standard InChI is InChI=1S/C13H28N2/c1-2-3-4-5-9-14-10-8-13-15-11-6-7-12-15/h14H,2-13H2,1H3. The van der Waals surface area contributed by atoms with Crippen LogP contribution in [0.15, 0.2) is 0 Å².